The lowest BCUT2D eigenvalue weighted by Gasteiger charge is -2.34. The van der Waals surface area contributed by atoms with E-state index < -0.39 is 0 Å². The first kappa shape index (κ1) is 23.8. The van der Waals surface area contributed by atoms with Crippen molar-refractivity contribution in [1.82, 2.24) is 14.7 Å². The number of nitrogens with one attached hydrogen (secondary N) is 1. The zero-order valence-corrected chi connectivity index (χ0v) is 20.6. The minimum atomic E-state index is -0.204. The van der Waals surface area contributed by atoms with Crippen molar-refractivity contribution in [3.05, 3.63) is 107 Å². The molecule has 5 rings (SSSR count). The maximum Gasteiger partial charge on any atom is 0.256 e. The third-order valence-corrected chi connectivity index (χ3v) is 6.97. The molecule has 2 aliphatic heterocycles. The van der Waals surface area contributed by atoms with Crippen molar-refractivity contribution in [2.24, 2.45) is 0 Å². The maximum absolute atomic E-state index is 13.1. The molecular formula is C30H32N4O2. The van der Waals surface area contributed by atoms with Crippen molar-refractivity contribution in [2.75, 3.05) is 44.6 Å². The zero-order chi connectivity index (χ0) is 24.9. The van der Waals surface area contributed by atoms with Gasteiger partial charge >= 0.3 is 0 Å². The number of fused-ring (bicyclic) bond motifs is 1. The van der Waals surface area contributed by atoms with Gasteiger partial charge in [-0.15, -0.1) is 0 Å². The Morgan fingerprint density at radius 3 is 2.33 bits per heavy atom. The van der Waals surface area contributed by atoms with Crippen LogP contribution in [0.4, 0.5) is 5.69 Å². The summed E-state index contributed by atoms with van der Waals surface area (Å²) in [4.78, 5) is 31.9. The lowest BCUT2D eigenvalue weighted by atomic mass is 10.1. The van der Waals surface area contributed by atoms with Crippen LogP contribution in [-0.2, 0) is 0 Å². The molecule has 1 atom stereocenters. The van der Waals surface area contributed by atoms with E-state index in [1.807, 2.05) is 83.5 Å². The molecule has 2 heterocycles. The average Bonchev–Trinajstić information content (AvgIpc) is 3.20. The molecule has 0 spiro atoms. The molecule has 6 nitrogen and oxygen atoms in total. The highest BCUT2D eigenvalue weighted by atomic mass is 16.2. The van der Waals surface area contributed by atoms with Gasteiger partial charge in [0.05, 0.1) is 0 Å². The zero-order valence-electron chi connectivity index (χ0n) is 20.6. The first-order valence-electron chi connectivity index (χ1n) is 12.6. The van der Waals surface area contributed by atoms with Gasteiger partial charge in [0.2, 0.25) is 0 Å². The number of carbonyl (C=O) groups is 2. The van der Waals surface area contributed by atoms with Crippen LogP contribution in [0.1, 0.15) is 44.9 Å². The van der Waals surface area contributed by atoms with Gasteiger partial charge in [-0.3, -0.25) is 14.5 Å². The Balaban J connectivity index is 1.16. The van der Waals surface area contributed by atoms with E-state index in [0.717, 1.165) is 49.5 Å². The first-order valence-corrected chi connectivity index (χ1v) is 12.6. The van der Waals surface area contributed by atoms with Crippen LogP contribution in [0.2, 0.25) is 0 Å². The van der Waals surface area contributed by atoms with E-state index in [1.165, 1.54) is 5.56 Å². The number of piperazine rings is 1. The fraction of sp³-hybridized carbons (Fsp3) is 0.267. The molecule has 1 unspecified atom stereocenters. The fourth-order valence-corrected chi connectivity index (χ4v) is 4.94. The summed E-state index contributed by atoms with van der Waals surface area (Å²) in [5, 5.41) is 3.48. The Bertz CT molecular complexity index is 1230. The number of nitrogens with zero attached hydrogens (tertiary/aromatic N) is 3. The quantitative estimate of drug-likeness (QED) is 0.531. The highest BCUT2D eigenvalue weighted by molar-refractivity contribution is 5.99. The van der Waals surface area contributed by atoms with E-state index in [2.05, 4.69) is 34.5 Å². The molecule has 3 aromatic rings. The molecule has 36 heavy (non-hydrogen) atoms. The number of amides is 2. The number of hydrogen-bond donors (Lipinski definition) is 1. The van der Waals surface area contributed by atoms with Gasteiger partial charge in [-0.2, -0.15) is 0 Å². The van der Waals surface area contributed by atoms with Crippen LogP contribution in [0.25, 0.3) is 6.08 Å². The van der Waals surface area contributed by atoms with Gasteiger partial charge in [0.15, 0.2) is 0 Å². The summed E-state index contributed by atoms with van der Waals surface area (Å²) in [6.45, 7) is 6.68. The second-order valence-corrected chi connectivity index (χ2v) is 9.21. The van der Waals surface area contributed by atoms with Crippen molar-refractivity contribution in [3.63, 3.8) is 0 Å². The van der Waals surface area contributed by atoms with Crippen molar-refractivity contribution in [1.29, 1.82) is 0 Å². The smallest absolute Gasteiger partial charge is 0.256 e. The molecule has 184 valence electrons. The third kappa shape index (κ3) is 5.04. The van der Waals surface area contributed by atoms with Gasteiger partial charge in [0.1, 0.15) is 6.17 Å². The Labute approximate surface area is 212 Å². The number of rotatable bonds is 7. The molecule has 0 saturated carbocycles. The number of anilines is 1. The number of benzene rings is 3. The maximum atomic E-state index is 13.1. The Kier molecular flexibility index (Phi) is 7.14. The van der Waals surface area contributed by atoms with Crippen molar-refractivity contribution >= 4 is 23.6 Å². The van der Waals surface area contributed by atoms with Gasteiger partial charge in [-0.25, -0.2) is 0 Å². The standard InChI is InChI=1S/C30H32N4O2/c1-2-34-28(26-12-6-7-13-27(26)30(34)36)31-25-16-14-24(15-17-25)29(35)33-21-19-32(20-22-33)18-8-11-23-9-4-3-5-10-23/h3-17,28,31H,2,18-22H2,1H3/b11-8+. The van der Waals surface area contributed by atoms with Crippen molar-refractivity contribution in [2.45, 2.75) is 13.1 Å². The van der Waals surface area contributed by atoms with Gasteiger partial charge < -0.3 is 15.1 Å². The van der Waals surface area contributed by atoms with Gasteiger partial charge in [-0.05, 0) is 42.8 Å². The van der Waals surface area contributed by atoms with Crippen LogP contribution < -0.4 is 5.32 Å². The van der Waals surface area contributed by atoms with Crippen LogP contribution >= 0.6 is 0 Å². The Morgan fingerprint density at radius 1 is 0.917 bits per heavy atom. The van der Waals surface area contributed by atoms with E-state index in [-0.39, 0.29) is 18.0 Å². The molecule has 6 heteroatoms. The Hall–Kier alpha value is -3.90. The highest BCUT2D eigenvalue weighted by Gasteiger charge is 2.35. The van der Waals surface area contributed by atoms with E-state index >= 15 is 0 Å². The average molecular weight is 481 g/mol. The predicted octanol–water partition coefficient (Wildman–Crippen LogP) is 4.74. The van der Waals surface area contributed by atoms with E-state index in [0.29, 0.717) is 12.1 Å². The molecule has 1 N–H and O–H groups in total. The van der Waals surface area contributed by atoms with Gasteiger partial charge in [-0.1, -0.05) is 60.7 Å². The molecule has 3 aromatic carbocycles. The summed E-state index contributed by atoms with van der Waals surface area (Å²) in [6, 6.07) is 25.6. The largest absolute Gasteiger partial charge is 0.361 e. The molecule has 0 radical (unpaired) electrons. The number of carbonyl (C=O) groups excluding carboxylic acids is 2. The first-order chi connectivity index (χ1) is 17.6. The second-order valence-electron chi connectivity index (χ2n) is 9.21. The summed E-state index contributed by atoms with van der Waals surface area (Å²) in [5.41, 5.74) is 4.51. The van der Waals surface area contributed by atoms with Crippen molar-refractivity contribution < 1.29 is 9.59 Å². The third-order valence-electron chi connectivity index (χ3n) is 6.97. The van der Waals surface area contributed by atoms with Crippen LogP contribution in [-0.4, -0.2) is 65.8 Å². The minimum absolute atomic E-state index is 0.0482. The van der Waals surface area contributed by atoms with E-state index in [9.17, 15) is 9.59 Å². The molecule has 1 saturated heterocycles. The van der Waals surface area contributed by atoms with E-state index in [4.69, 9.17) is 0 Å². The molecule has 1 fully saturated rings. The fourth-order valence-electron chi connectivity index (χ4n) is 4.94. The van der Waals surface area contributed by atoms with E-state index in [1.54, 1.807) is 0 Å². The second kappa shape index (κ2) is 10.8. The normalized spacial score (nSPS) is 18.0. The summed E-state index contributed by atoms with van der Waals surface area (Å²) >= 11 is 0. The lowest BCUT2D eigenvalue weighted by molar-refractivity contribution is 0.0650. The molecule has 0 aliphatic carbocycles. The Morgan fingerprint density at radius 2 is 1.61 bits per heavy atom. The van der Waals surface area contributed by atoms with Crippen LogP contribution in [0, 0.1) is 0 Å². The monoisotopic (exact) mass is 480 g/mol. The molecule has 0 aromatic heterocycles. The van der Waals surface area contributed by atoms with Crippen LogP contribution in [0.15, 0.2) is 84.9 Å². The molecule has 0 bridgehead atoms. The SMILES string of the molecule is CCN1C(=O)c2ccccc2C1Nc1ccc(C(=O)N2CCN(C/C=C/c3ccccc3)CC2)cc1. The highest BCUT2D eigenvalue weighted by Crippen LogP contribution is 2.34. The molecule has 2 aliphatic rings. The minimum Gasteiger partial charge on any atom is -0.361 e. The summed E-state index contributed by atoms with van der Waals surface area (Å²) in [5.74, 6) is 0.115. The van der Waals surface area contributed by atoms with Gasteiger partial charge in [0, 0.05) is 61.6 Å². The summed E-state index contributed by atoms with van der Waals surface area (Å²) < 4.78 is 0. The van der Waals surface area contributed by atoms with Crippen molar-refractivity contribution in [3.8, 4) is 0 Å². The van der Waals surface area contributed by atoms with Crippen LogP contribution in [0.5, 0.6) is 0 Å². The predicted molar refractivity (Wildman–Crippen MR) is 144 cm³/mol. The number of hydrogen-bond acceptors (Lipinski definition) is 4. The summed E-state index contributed by atoms with van der Waals surface area (Å²) in [6.07, 6.45) is 4.13. The summed E-state index contributed by atoms with van der Waals surface area (Å²) in [7, 11) is 0. The van der Waals surface area contributed by atoms with Gasteiger partial charge in [0.25, 0.3) is 11.8 Å². The van der Waals surface area contributed by atoms with Crippen LogP contribution in [0.3, 0.4) is 0 Å². The topological polar surface area (TPSA) is 55.9 Å². The molecular weight excluding hydrogens is 448 g/mol. The lowest BCUT2D eigenvalue weighted by Crippen LogP contribution is -2.48. The molecule has 2 amide bonds.